The van der Waals surface area contributed by atoms with Crippen LogP contribution in [0.2, 0.25) is 0 Å². The van der Waals surface area contributed by atoms with Gasteiger partial charge in [-0.15, -0.1) is 0 Å². The lowest BCUT2D eigenvalue weighted by Gasteiger charge is -2.19. The second-order valence-corrected chi connectivity index (χ2v) is 5.44. The number of fused-ring (bicyclic) bond motifs is 1. The highest BCUT2D eigenvalue weighted by Crippen LogP contribution is 2.10. The maximum Gasteiger partial charge on any atom is 0.330 e. The van der Waals surface area contributed by atoms with E-state index in [9.17, 15) is 9.59 Å². The molecule has 104 valence electrons. The van der Waals surface area contributed by atoms with E-state index in [0.717, 1.165) is 6.42 Å². The zero-order valence-corrected chi connectivity index (χ0v) is 11.4. The Morgan fingerprint density at radius 2 is 2.11 bits per heavy atom. The van der Waals surface area contributed by atoms with Gasteiger partial charge in [0.05, 0.1) is 6.33 Å². The molecule has 0 amide bonds. The molecule has 2 heterocycles. The number of aryl methyl sites for hydroxylation is 1. The van der Waals surface area contributed by atoms with E-state index in [1.165, 1.54) is 4.57 Å². The number of rotatable bonds is 4. The molecule has 2 aromatic rings. The van der Waals surface area contributed by atoms with Crippen LogP contribution in [-0.2, 0) is 13.1 Å². The monoisotopic (exact) mass is 265 g/mol. The first-order valence-electron chi connectivity index (χ1n) is 6.30. The van der Waals surface area contributed by atoms with Crippen LogP contribution in [0.3, 0.4) is 0 Å². The quantitative estimate of drug-likeness (QED) is 0.815. The molecule has 0 aliphatic heterocycles. The van der Waals surface area contributed by atoms with Gasteiger partial charge in [0, 0.05) is 18.6 Å². The first-order chi connectivity index (χ1) is 8.83. The molecular formula is C12H19N5O2. The van der Waals surface area contributed by atoms with Crippen LogP contribution in [0.4, 0.5) is 0 Å². The van der Waals surface area contributed by atoms with Crippen molar-refractivity contribution in [1.82, 2.24) is 19.1 Å². The van der Waals surface area contributed by atoms with Crippen molar-refractivity contribution >= 4 is 11.2 Å². The molecule has 2 rings (SSSR count). The van der Waals surface area contributed by atoms with Gasteiger partial charge in [-0.3, -0.25) is 14.3 Å². The minimum atomic E-state index is -0.466. The Labute approximate surface area is 110 Å². The summed E-state index contributed by atoms with van der Waals surface area (Å²) in [6, 6.07) is 0. The first-order valence-corrected chi connectivity index (χ1v) is 6.30. The van der Waals surface area contributed by atoms with Gasteiger partial charge in [-0.05, 0) is 20.3 Å². The van der Waals surface area contributed by atoms with E-state index in [4.69, 9.17) is 5.73 Å². The third kappa shape index (κ3) is 2.60. The molecule has 0 unspecified atom stereocenters. The summed E-state index contributed by atoms with van der Waals surface area (Å²) < 4.78 is 3.18. The Kier molecular flexibility index (Phi) is 3.32. The maximum absolute atomic E-state index is 12.0. The third-order valence-corrected chi connectivity index (χ3v) is 2.78. The lowest BCUT2D eigenvalue weighted by atomic mass is 10.1. The number of aromatic nitrogens is 4. The van der Waals surface area contributed by atoms with E-state index in [-0.39, 0.29) is 0 Å². The van der Waals surface area contributed by atoms with Crippen LogP contribution >= 0.6 is 0 Å². The molecule has 0 spiro atoms. The van der Waals surface area contributed by atoms with E-state index in [0.29, 0.717) is 24.3 Å². The smallest absolute Gasteiger partial charge is 0.324 e. The van der Waals surface area contributed by atoms with Crippen molar-refractivity contribution in [2.24, 2.45) is 5.73 Å². The van der Waals surface area contributed by atoms with Crippen molar-refractivity contribution in [2.75, 3.05) is 0 Å². The highest BCUT2D eigenvalue weighted by molar-refractivity contribution is 5.69. The standard InChI is InChI=1S/C12H19N5O2/c1-4-5-17-9-8(10(18)15-11(17)19)16(7-14-9)6-12(2,3)13/h7H,4-6,13H2,1-3H3,(H,15,18,19). The largest absolute Gasteiger partial charge is 0.330 e. The van der Waals surface area contributed by atoms with Gasteiger partial charge in [0.2, 0.25) is 0 Å². The minimum absolute atomic E-state index is 0.395. The van der Waals surface area contributed by atoms with Gasteiger partial charge in [0.1, 0.15) is 0 Å². The van der Waals surface area contributed by atoms with Gasteiger partial charge < -0.3 is 10.3 Å². The van der Waals surface area contributed by atoms with E-state index in [2.05, 4.69) is 9.97 Å². The number of nitrogens with two attached hydrogens (primary N) is 1. The SMILES string of the molecule is CCCn1c(=O)[nH]c(=O)c2c1ncn2CC(C)(C)N. The van der Waals surface area contributed by atoms with E-state index in [1.54, 1.807) is 10.9 Å². The van der Waals surface area contributed by atoms with Crippen LogP contribution in [0.25, 0.3) is 11.2 Å². The normalized spacial score (nSPS) is 12.2. The van der Waals surface area contributed by atoms with Crippen LogP contribution in [0.15, 0.2) is 15.9 Å². The van der Waals surface area contributed by atoms with Crippen molar-refractivity contribution in [2.45, 2.75) is 45.8 Å². The zero-order valence-electron chi connectivity index (χ0n) is 11.4. The number of H-pyrrole nitrogens is 1. The summed E-state index contributed by atoms with van der Waals surface area (Å²) >= 11 is 0. The fraction of sp³-hybridized carbons (Fsp3) is 0.583. The van der Waals surface area contributed by atoms with Crippen LogP contribution in [0, 0.1) is 0 Å². The van der Waals surface area contributed by atoms with Crippen molar-refractivity contribution in [3.8, 4) is 0 Å². The number of nitrogens with zero attached hydrogens (tertiary/aromatic N) is 3. The molecule has 0 atom stereocenters. The van der Waals surface area contributed by atoms with Crippen molar-refractivity contribution in [1.29, 1.82) is 0 Å². The van der Waals surface area contributed by atoms with E-state index >= 15 is 0 Å². The number of nitrogens with one attached hydrogen (secondary N) is 1. The highest BCUT2D eigenvalue weighted by Gasteiger charge is 2.17. The topological polar surface area (TPSA) is 98.7 Å². The summed E-state index contributed by atoms with van der Waals surface area (Å²) in [5.74, 6) is 0. The molecule has 0 radical (unpaired) electrons. The van der Waals surface area contributed by atoms with Crippen LogP contribution < -0.4 is 17.0 Å². The first kappa shape index (κ1) is 13.5. The molecule has 7 heteroatoms. The third-order valence-electron chi connectivity index (χ3n) is 2.78. The van der Waals surface area contributed by atoms with Crippen molar-refractivity contribution in [3.05, 3.63) is 27.2 Å². The summed E-state index contributed by atoms with van der Waals surface area (Å²) in [6.45, 7) is 6.68. The Balaban J connectivity index is 2.69. The number of hydrogen-bond donors (Lipinski definition) is 2. The predicted molar refractivity (Wildman–Crippen MR) is 73.2 cm³/mol. The molecule has 7 nitrogen and oxygen atoms in total. The molecule has 2 aromatic heterocycles. The molecule has 0 saturated carbocycles. The van der Waals surface area contributed by atoms with Gasteiger partial charge in [0.25, 0.3) is 5.56 Å². The lowest BCUT2D eigenvalue weighted by Crippen LogP contribution is -2.38. The summed E-state index contributed by atoms with van der Waals surface area (Å²) in [5.41, 5.74) is 5.47. The van der Waals surface area contributed by atoms with Gasteiger partial charge in [0.15, 0.2) is 11.2 Å². The van der Waals surface area contributed by atoms with Gasteiger partial charge in [-0.1, -0.05) is 6.92 Å². The zero-order chi connectivity index (χ0) is 14.2. The van der Waals surface area contributed by atoms with Gasteiger partial charge >= 0.3 is 5.69 Å². The van der Waals surface area contributed by atoms with E-state index < -0.39 is 16.8 Å². The van der Waals surface area contributed by atoms with Crippen LogP contribution in [0.1, 0.15) is 27.2 Å². The molecule has 0 saturated heterocycles. The van der Waals surface area contributed by atoms with Crippen molar-refractivity contribution < 1.29 is 0 Å². The molecule has 3 N–H and O–H groups in total. The Hall–Kier alpha value is -1.89. The summed E-state index contributed by atoms with van der Waals surface area (Å²) in [5, 5.41) is 0. The number of imidazole rings is 1. The molecule has 0 bridgehead atoms. The second-order valence-electron chi connectivity index (χ2n) is 5.44. The molecule has 19 heavy (non-hydrogen) atoms. The second kappa shape index (κ2) is 4.65. The van der Waals surface area contributed by atoms with Gasteiger partial charge in [-0.25, -0.2) is 9.78 Å². The van der Waals surface area contributed by atoms with E-state index in [1.807, 2.05) is 20.8 Å². The Morgan fingerprint density at radius 1 is 1.42 bits per heavy atom. The highest BCUT2D eigenvalue weighted by atomic mass is 16.2. The predicted octanol–water partition coefficient (Wildman–Crippen LogP) is 0.0336. The van der Waals surface area contributed by atoms with Crippen LogP contribution in [-0.4, -0.2) is 24.6 Å². The molecule has 0 aromatic carbocycles. The molecule has 0 aliphatic rings. The molecule has 0 aliphatic carbocycles. The average molecular weight is 265 g/mol. The Bertz CT molecular complexity index is 701. The Morgan fingerprint density at radius 3 is 2.68 bits per heavy atom. The molecule has 0 fully saturated rings. The summed E-state index contributed by atoms with van der Waals surface area (Å²) in [7, 11) is 0. The average Bonchev–Trinajstić information content (AvgIpc) is 2.66. The summed E-state index contributed by atoms with van der Waals surface area (Å²) in [4.78, 5) is 30.2. The number of hydrogen-bond acceptors (Lipinski definition) is 4. The molecular weight excluding hydrogens is 246 g/mol. The van der Waals surface area contributed by atoms with Crippen LogP contribution in [0.5, 0.6) is 0 Å². The minimum Gasteiger partial charge on any atom is -0.324 e. The maximum atomic E-state index is 12.0. The lowest BCUT2D eigenvalue weighted by molar-refractivity contribution is 0.439. The fourth-order valence-corrected chi connectivity index (χ4v) is 2.11. The number of aromatic amines is 1. The van der Waals surface area contributed by atoms with Gasteiger partial charge in [-0.2, -0.15) is 0 Å². The van der Waals surface area contributed by atoms with Crippen molar-refractivity contribution in [3.63, 3.8) is 0 Å². The fourth-order valence-electron chi connectivity index (χ4n) is 2.11. The summed E-state index contributed by atoms with van der Waals surface area (Å²) in [6.07, 6.45) is 2.34.